The number of nitrogens with zero attached hydrogens (tertiary/aromatic N) is 1. The molecule has 4 nitrogen and oxygen atoms in total. The Morgan fingerprint density at radius 1 is 1.50 bits per heavy atom. The lowest BCUT2D eigenvalue weighted by Gasteiger charge is -1.87. The van der Waals surface area contributed by atoms with E-state index >= 15 is 0 Å². The Balaban J connectivity index is 0.000000561. The van der Waals surface area contributed by atoms with Crippen LogP contribution in [0.3, 0.4) is 0 Å². The van der Waals surface area contributed by atoms with Crippen molar-refractivity contribution >= 4 is 17.9 Å². The van der Waals surface area contributed by atoms with E-state index in [1.54, 1.807) is 0 Å². The van der Waals surface area contributed by atoms with Crippen LogP contribution in [0.1, 0.15) is 13.8 Å². The van der Waals surface area contributed by atoms with E-state index in [1.807, 2.05) is 13.8 Å². The van der Waals surface area contributed by atoms with Gasteiger partial charge in [0.15, 0.2) is 0 Å². The van der Waals surface area contributed by atoms with E-state index in [1.165, 1.54) is 18.3 Å². The van der Waals surface area contributed by atoms with Crippen LogP contribution >= 0.6 is 12.2 Å². The molecule has 0 fully saturated rings. The number of nitrogens with one attached hydrogen (secondary N) is 1. The molecule has 0 aromatic carbocycles. The first-order chi connectivity index (χ1) is 5.70. The summed E-state index contributed by atoms with van der Waals surface area (Å²) >= 11 is 4.68. The Bertz CT molecular complexity index is 288. The van der Waals surface area contributed by atoms with E-state index < -0.39 is 4.92 Å². The Kier molecular flexibility index (Phi) is 4.87. The minimum Gasteiger partial charge on any atom is -0.347 e. The second-order valence-electron chi connectivity index (χ2n) is 1.67. The maximum absolute atomic E-state index is 10.1. The topological polar surface area (TPSA) is 58.9 Å². The summed E-state index contributed by atoms with van der Waals surface area (Å²) < 4.78 is 0.491. The SMILES string of the molecule is CC.O=[N+]([O-])c1ccc(=S)[nH]c1. The quantitative estimate of drug-likeness (QED) is 0.416. The summed E-state index contributed by atoms with van der Waals surface area (Å²) in [4.78, 5) is 12.1. The molecule has 0 radical (unpaired) electrons. The van der Waals surface area contributed by atoms with Gasteiger partial charge in [-0.25, -0.2) is 0 Å². The zero-order chi connectivity index (χ0) is 9.56. The van der Waals surface area contributed by atoms with Gasteiger partial charge in [0.2, 0.25) is 0 Å². The number of hydrogen-bond acceptors (Lipinski definition) is 3. The van der Waals surface area contributed by atoms with Gasteiger partial charge in [0.1, 0.15) is 4.64 Å². The van der Waals surface area contributed by atoms with Crippen molar-refractivity contribution in [1.29, 1.82) is 0 Å². The normalized spacial score (nSPS) is 8.17. The third-order valence-electron chi connectivity index (χ3n) is 0.979. The zero-order valence-electron chi connectivity index (χ0n) is 6.90. The van der Waals surface area contributed by atoms with Gasteiger partial charge in [-0.1, -0.05) is 26.1 Å². The lowest BCUT2D eigenvalue weighted by molar-refractivity contribution is -0.385. The second kappa shape index (κ2) is 5.42. The number of rotatable bonds is 1. The maximum atomic E-state index is 10.1. The molecule has 0 atom stereocenters. The highest BCUT2D eigenvalue weighted by Gasteiger charge is 2.00. The van der Waals surface area contributed by atoms with Crippen LogP contribution in [0.4, 0.5) is 5.69 Å². The lowest BCUT2D eigenvalue weighted by atomic mass is 10.4. The van der Waals surface area contributed by atoms with Crippen LogP contribution < -0.4 is 0 Å². The van der Waals surface area contributed by atoms with Crippen LogP contribution in [0.25, 0.3) is 0 Å². The van der Waals surface area contributed by atoms with Crippen LogP contribution in [0.2, 0.25) is 0 Å². The molecule has 0 amide bonds. The number of pyridine rings is 1. The van der Waals surface area contributed by atoms with Crippen LogP contribution in [-0.2, 0) is 0 Å². The van der Waals surface area contributed by atoms with Gasteiger partial charge < -0.3 is 4.98 Å². The van der Waals surface area contributed by atoms with Crippen molar-refractivity contribution in [3.8, 4) is 0 Å². The molecule has 0 saturated carbocycles. The molecule has 0 saturated heterocycles. The molecular weight excluding hydrogens is 176 g/mol. The summed E-state index contributed by atoms with van der Waals surface area (Å²) in [7, 11) is 0. The van der Waals surface area contributed by atoms with Crippen molar-refractivity contribution in [2.24, 2.45) is 0 Å². The summed E-state index contributed by atoms with van der Waals surface area (Å²) in [5.74, 6) is 0. The molecule has 0 aliphatic heterocycles. The maximum Gasteiger partial charge on any atom is 0.285 e. The average molecular weight is 186 g/mol. The minimum atomic E-state index is -0.481. The first kappa shape index (κ1) is 10.8. The molecule has 1 aromatic rings. The highest BCUT2D eigenvalue weighted by molar-refractivity contribution is 7.71. The standard InChI is InChI=1S/C5H4N2O2S.C2H6/c8-7(9)4-1-2-5(10)6-3-4;1-2/h1-3H,(H,6,10);1-2H3. The van der Waals surface area contributed by atoms with Crippen LogP contribution in [0, 0.1) is 14.8 Å². The van der Waals surface area contributed by atoms with Crippen molar-refractivity contribution in [2.75, 3.05) is 0 Å². The Morgan fingerprint density at radius 3 is 2.42 bits per heavy atom. The third kappa shape index (κ3) is 3.25. The number of hydrogen-bond donors (Lipinski definition) is 1. The third-order valence-corrected chi connectivity index (χ3v) is 1.23. The smallest absolute Gasteiger partial charge is 0.285 e. The molecule has 1 heterocycles. The van der Waals surface area contributed by atoms with Gasteiger partial charge in [-0.2, -0.15) is 0 Å². The second-order valence-corrected chi connectivity index (χ2v) is 2.11. The largest absolute Gasteiger partial charge is 0.347 e. The first-order valence-electron chi connectivity index (χ1n) is 3.53. The summed E-state index contributed by atoms with van der Waals surface area (Å²) in [6.45, 7) is 4.00. The molecule has 0 aliphatic rings. The first-order valence-corrected chi connectivity index (χ1v) is 3.94. The molecular formula is C7H10N2O2S. The van der Waals surface area contributed by atoms with E-state index in [0.717, 1.165) is 0 Å². The molecule has 0 aliphatic carbocycles. The number of H-pyrrole nitrogens is 1. The fraction of sp³-hybridized carbons (Fsp3) is 0.286. The fourth-order valence-corrected chi connectivity index (χ4v) is 0.643. The van der Waals surface area contributed by atoms with Gasteiger partial charge in [-0.05, 0) is 6.07 Å². The Morgan fingerprint density at radius 2 is 2.08 bits per heavy atom. The van der Waals surface area contributed by atoms with E-state index in [2.05, 4.69) is 17.2 Å². The van der Waals surface area contributed by atoms with Gasteiger partial charge in [0, 0.05) is 6.07 Å². The Hall–Kier alpha value is -1.23. The minimum absolute atomic E-state index is 0.0219. The molecule has 0 unspecified atom stereocenters. The monoisotopic (exact) mass is 186 g/mol. The summed E-state index contributed by atoms with van der Waals surface area (Å²) in [5, 5.41) is 10.1. The van der Waals surface area contributed by atoms with Gasteiger partial charge in [0.05, 0.1) is 11.1 Å². The molecule has 0 spiro atoms. The van der Waals surface area contributed by atoms with Crippen LogP contribution in [0.15, 0.2) is 18.3 Å². The molecule has 12 heavy (non-hydrogen) atoms. The van der Waals surface area contributed by atoms with E-state index in [9.17, 15) is 10.1 Å². The molecule has 1 rings (SSSR count). The van der Waals surface area contributed by atoms with Gasteiger partial charge in [-0.3, -0.25) is 10.1 Å². The molecule has 0 bridgehead atoms. The van der Waals surface area contributed by atoms with E-state index in [0.29, 0.717) is 4.64 Å². The summed E-state index contributed by atoms with van der Waals surface area (Å²) in [5.41, 5.74) is 0.0219. The number of nitro groups is 1. The number of aromatic amines is 1. The molecule has 1 aromatic heterocycles. The van der Waals surface area contributed by atoms with Crippen LogP contribution in [0.5, 0.6) is 0 Å². The summed E-state index contributed by atoms with van der Waals surface area (Å²) in [6.07, 6.45) is 1.27. The van der Waals surface area contributed by atoms with Crippen molar-refractivity contribution in [3.05, 3.63) is 33.1 Å². The molecule has 66 valence electrons. The van der Waals surface area contributed by atoms with Crippen molar-refractivity contribution in [1.82, 2.24) is 4.98 Å². The highest BCUT2D eigenvalue weighted by Crippen LogP contribution is 2.05. The predicted molar refractivity (Wildman–Crippen MR) is 49.6 cm³/mol. The Labute approximate surface area is 75.4 Å². The zero-order valence-corrected chi connectivity index (χ0v) is 7.72. The lowest BCUT2D eigenvalue weighted by Crippen LogP contribution is -1.87. The van der Waals surface area contributed by atoms with Crippen molar-refractivity contribution in [2.45, 2.75) is 13.8 Å². The summed E-state index contributed by atoms with van der Waals surface area (Å²) in [6, 6.07) is 2.84. The average Bonchev–Trinajstić information content (AvgIpc) is 2.09. The van der Waals surface area contributed by atoms with Gasteiger partial charge in [0.25, 0.3) is 5.69 Å². The van der Waals surface area contributed by atoms with Gasteiger partial charge >= 0.3 is 0 Å². The van der Waals surface area contributed by atoms with Crippen LogP contribution in [-0.4, -0.2) is 9.91 Å². The number of aromatic nitrogens is 1. The van der Waals surface area contributed by atoms with E-state index in [-0.39, 0.29) is 5.69 Å². The molecule has 1 N–H and O–H groups in total. The highest BCUT2D eigenvalue weighted by atomic mass is 32.1. The van der Waals surface area contributed by atoms with Crippen molar-refractivity contribution in [3.63, 3.8) is 0 Å². The van der Waals surface area contributed by atoms with E-state index in [4.69, 9.17) is 0 Å². The fourth-order valence-electron chi connectivity index (χ4n) is 0.516. The van der Waals surface area contributed by atoms with Crippen molar-refractivity contribution < 1.29 is 4.92 Å². The molecule has 5 heteroatoms. The van der Waals surface area contributed by atoms with Gasteiger partial charge in [-0.15, -0.1) is 0 Å². The predicted octanol–water partition coefficient (Wildman–Crippen LogP) is 2.68.